The Bertz CT molecular complexity index is 881. The average molecular weight is 439 g/mol. The van der Waals surface area contributed by atoms with E-state index in [0.717, 1.165) is 0 Å². The molecule has 4 aliphatic rings. The van der Waals surface area contributed by atoms with Crippen LogP contribution in [0.3, 0.4) is 0 Å². The SMILES string of the molecule is COC(=O)C(=O)[C@H]1[C@H](C)C[C@H]2[C@@H]3C[C@H](F)C4=CC(=O)C(Cl)=C[C@]4(C)[C@H]3[C@@H](O)C[C@@]21C. The van der Waals surface area contributed by atoms with Crippen molar-refractivity contribution in [3.05, 3.63) is 22.8 Å². The molecule has 9 atom stereocenters. The molecular weight excluding hydrogens is 411 g/mol. The van der Waals surface area contributed by atoms with Crippen LogP contribution in [0.1, 0.15) is 40.0 Å². The molecule has 164 valence electrons. The van der Waals surface area contributed by atoms with E-state index < -0.39 is 46.6 Å². The van der Waals surface area contributed by atoms with Crippen molar-refractivity contribution in [1.29, 1.82) is 0 Å². The Balaban J connectivity index is 1.77. The van der Waals surface area contributed by atoms with Crippen LogP contribution in [0.15, 0.2) is 22.8 Å². The second kappa shape index (κ2) is 6.99. The van der Waals surface area contributed by atoms with Gasteiger partial charge in [-0.2, -0.15) is 0 Å². The molecule has 5 nitrogen and oxygen atoms in total. The number of ether oxygens (including phenoxy) is 1. The molecule has 0 aromatic carbocycles. The molecule has 0 unspecified atom stereocenters. The van der Waals surface area contributed by atoms with Gasteiger partial charge in [0.2, 0.25) is 5.78 Å². The standard InChI is InChI=1S/C23H28ClFO5/c1-10-5-12-11-6-15(25)13-7-16(26)14(24)8-22(13,2)19(11)17(27)9-23(12,3)18(10)20(28)21(29)30-4/h7-8,10-12,15,17-19,27H,5-6,9H2,1-4H3/t10-,11+,12+,15+,17+,18-,19-,22+,23+/m1/s1. The van der Waals surface area contributed by atoms with Crippen LogP contribution in [-0.2, 0) is 19.1 Å². The minimum absolute atomic E-state index is 0.0269. The van der Waals surface area contributed by atoms with E-state index in [0.29, 0.717) is 18.4 Å². The predicted octanol–water partition coefficient (Wildman–Crippen LogP) is 3.38. The smallest absolute Gasteiger partial charge is 0.374 e. The van der Waals surface area contributed by atoms with Crippen LogP contribution < -0.4 is 0 Å². The fourth-order valence-corrected chi connectivity index (χ4v) is 7.83. The Labute approximate surface area is 180 Å². The summed E-state index contributed by atoms with van der Waals surface area (Å²) in [5.74, 6) is -3.01. The first kappa shape index (κ1) is 21.7. The number of hydrogen-bond acceptors (Lipinski definition) is 5. The largest absolute Gasteiger partial charge is 0.463 e. The van der Waals surface area contributed by atoms with E-state index in [-0.39, 0.29) is 35.1 Å². The normalized spacial score (nSPS) is 47.4. The summed E-state index contributed by atoms with van der Waals surface area (Å²) < 4.78 is 20.0. The van der Waals surface area contributed by atoms with E-state index in [2.05, 4.69) is 4.74 Å². The summed E-state index contributed by atoms with van der Waals surface area (Å²) in [6.45, 7) is 5.73. The highest BCUT2D eigenvalue weighted by molar-refractivity contribution is 6.44. The molecule has 4 aliphatic carbocycles. The number of fused-ring (bicyclic) bond motifs is 5. The molecule has 0 spiro atoms. The number of halogens is 2. The summed E-state index contributed by atoms with van der Waals surface area (Å²) in [4.78, 5) is 36.9. The zero-order valence-corrected chi connectivity index (χ0v) is 18.4. The number of methoxy groups -OCH3 is 1. The lowest BCUT2D eigenvalue weighted by Gasteiger charge is -2.59. The van der Waals surface area contributed by atoms with Crippen molar-refractivity contribution < 1.29 is 28.6 Å². The number of aliphatic hydroxyl groups is 1. The van der Waals surface area contributed by atoms with Gasteiger partial charge in [-0.3, -0.25) is 9.59 Å². The van der Waals surface area contributed by atoms with Crippen molar-refractivity contribution >= 4 is 29.1 Å². The highest BCUT2D eigenvalue weighted by atomic mass is 35.5. The summed E-state index contributed by atoms with van der Waals surface area (Å²) in [6, 6.07) is 0. The maximum atomic E-state index is 15.4. The van der Waals surface area contributed by atoms with E-state index in [1.807, 2.05) is 20.8 Å². The van der Waals surface area contributed by atoms with Crippen molar-refractivity contribution in [2.45, 2.75) is 52.3 Å². The van der Waals surface area contributed by atoms with Gasteiger partial charge in [-0.05, 0) is 54.1 Å². The number of ketones is 2. The third-order valence-corrected chi connectivity index (χ3v) is 8.84. The summed E-state index contributed by atoms with van der Waals surface area (Å²) in [5.41, 5.74) is -1.10. The number of rotatable bonds is 2. The van der Waals surface area contributed by atoms with Gasteiger partial charge in [0.15, 0.2) is 5.78 Å². The highest BCUT2D eigenvalue weighted by Crippen LogP contribution is 2.67. The van der Waals surface area contributed by atoms with Crippen LogP contribution >= 0.6 is 11.6 Å². The van der Waals surface area contributed by atoms with Crippen molar-refractivity contribution in [2.24, 2.45) is 40.4 Å². The molecule has 1 N–H and O–H groups in total. The summed E-state index contributed by atoms with van der Waals surface area (Å²) in [5, 5.41) is 11.4. The molecule has 0 aromatic heterocycles. The zero-order valence-electron chi connectivity index (χ0n) is 17.7. The van der Waals surface area contributed by atoms with Gasteiger partial charge in [0.05, 0.1) is 18.2 Å². The average Bonchev–Trinajstić information content (AvgIpc) is 2.92. The van der Waals surface area contributed by atoms with Crippen molar-refractivity contribution in [3.8, 4) is 0 Å². The van der Waals surface area contributed by atoms with Gasteiger partial charge < -0.3 is 9.84 Å². The first-order valence-electron chi connectivity index (χ1n) is 10.5. The number of aliphatic hydroxyl groups excluding tert-OH is 1. The maximum absolute atomic E-state index is 15.4. The van der Waals surface area contributed by atoms with Crippen molar-refractivity contribution in [2.75, 3.05) is 7.11 Å². The predicted molar refractivity (Wildman–Crippen MR) is 108 cm³/mol. The van der Waals surface area contributed by atoms with Gasteiger partial charge >= 0.3 is 5.97 Å². The van der Waals surface area contributed by atoms with Crippen LogP contribution in [0, 0.1) is 40.4 Å². The third-order valence-electron chi connectivity index (χ3n) is 8.54. The van der Waals surface area contributed by atoms with Gasteiger partial charge in [-0.1, -0.05) is 38.4 Å². The van der Waals surface area contributed by atoms with Crippen LogP contribution in [-0.4, -0.2) is 42.0 Å². The summed E-state index contributed by atoms with van der Waals surface area (Å²) in [7, 11) is 1.19. The number of carbonyl (C=O) groups is 3. The van der Waals surface area contributed by atoms with Gasteiger partial charge in [0.25, 0.3) is 0 Å². The first-order valence-corrected chi connectivity index (χ1v) is 10.9. The molecule has 0 saturated heterocycles. The van der Waals surface area contributed by atoms with Crippen molar-refractivity contribution in [1.82, 2.24) is 0 Å². The Morgan fingerprint density at radius 1 is 1.30 bits per heavy atom. The van der Waals surface area contributed by atoms with Crippen LogP contribution in [0.25, 0.3) is 0 Å². The van der Waals surface area contributed by atoms with Gasteiger partial charge in [0.1, 0.15) is 6.17 Å². The number of Topliss-reactive ketones (excluding diaryl/α,β-unsaturated/α-hetero) is 1. The molecular formula is C23H28ClFO5. The summed E-state index contributed by atoms with van der Waals surface area (Å²) in [6.07, 6.45) is 1.97. The number of alkyl halides is 1. The minimum Gasteiger partial charge on any atom is -0.463 e. The molecule has 4 rings (SSSR count). The Kier molecular flexibility index (Phi) is 5.06. The van der Waals surface area contributed by atoms with E-state index >= 15 is 4.39 Å². The number of hydrogen-bond donors (Lipinski definition) is 1. The van der Waals surface area contributed by atoms with E-state index in [1.165, 1.54) is 13.2 Å². The van der Waals surface area contributed by atoms with Crippen molar-refractivity contribution in [3.63, 3.8) is 0 Å². The molecule has 30 heavy (non-hydrogen) atoms. The Morgan fingerprint density at radius 2 is 1.97 bits per heavy atom. The third kappa shape index (κ3) is 2.79. The summed E-state index contributed by atoms with van der Waals surface area (Å²) >= 11 is 6.15. The number of carbonyl (C=O) groups excluding carboxylic acids is 3. The lowest BCUT2D eigenvalue weighted by atomic mass is 9.46. The number of esters is 1. The highest BCUT2D eigenvalue weighted by Gasteiger charge is 2.66. The van der Waals surface area contributed by atoms with E-state index in [1.54, 1.807) is 6.08 Å². The lowest BCUT2D eigenvalue weighted by Crippen LogP contribution is -2.58. The van der Waals surface area contributed by atoms with Crippen LogP contribution in [0.4, 0.5) is 4.39 Å². The van der Waals surface area contributed by atoms with Gasteiger partial charge in [0, 0.05) is 17.3 Å². The molecule has 0 aromatic rings. The molecule has 0 aliphatic heterocycles. The molecule has 7 heteroatoms. The number of allylic oxidation sites excluding steroid dienone is 4. The second-order valence-corrected chi connectivity index (χ2v) is 10.5. The molecule has 0 amide bonds. The first-order chi connectivity index (χ1) is 14.0. The maximum Gasteiger partial charge on any atom is 0.374 e. The zero-order chi connectivity index (χ0) is 22.2. The van der Waals surface area contributed by atoms with Gasteiger partial charge in [-0.25, -0.2) is 9.18 Å². The van der Waals surface area contributed by atoms with Crippen LogP contribution in [0.2, 0.25) is 0 Å². The topological polar surface area (TPSA) is 80.7 Å². The fourth-order valence-electron chi connectivity index (χ4n) is 7.55. The van der Waals surface area contributed by atoms with Gasteiger partial charge in [-0.15, -0.1) is 0 Å². The fraction of sp³-hybridized carbons (Fsp3) is 0.696. The molecule has 0 bridgehead atoms. The lowest BCUT2D eigenvalue weighted by molar-refractivity contribution is -0.161. The Morgan fingerprint density at radius 3 is 2.60 bits per heavy atom. The minimum atomic E-state index is -1.32. The monoisotopic (exact) mass is 438 g/mol. The Hall–Kier alpha value is -1.53. The van der Waals surface area contributed by atoms with E-state index in [4.69, 9.17) is 11.6 Å². The molecule has 0 heterocycles. The van der Waals surface area contributed by atoms with E-state index in [9.17, 15) is 19.5 Å². The quantitative estimate of drug-likeness (QED) is 0.528. The molecule has 3 fully saturated rings. The molecule has 0 radical (unpaired) electrons. The van der Waals surface area contributed by atoms with Crippen LogP contribution in [0.5, 0.6) is 0 Å². The molecule has 3 saturated carbocycles. The second-order valence-electron chi connectivity index (χ2n) is 10.1.